The third-order valence-corrected chi connectivity index (χ3v) is 3.38. The molecule has 0 aliphatic heterocycles. The number of hydrogen-bond acceptors (Lipinski definition) is 7. The van der Waals surface area contributed by atoms with E-state index in [1.54, 1.807) is 18.6 Å². The van der Waals surface area contributed by atoms with Crippen molar-refractivity contribution in [3.8, 4) is 0 Å². The molecule has 3 aromatic heterocycles. The number of aromatic nitrogens is 7. The first-order valence-electron chi connectivity index (χ1n) is 7.58. The number of nitrogens with one attached hydrogen (secondary N) is 2. The first kappa shape index (κ1) is 16.4. The van der Waals surface area contributed by atoms with Crippen LogP contribution in [0.3, 0.4) is 0 Å². The Morgan fingerprint density at radius 3 is 2.84 bits per heavy atom. The molecule has 3 aromatic rings. The number of H-pyrrole nitrogens is 1. The number of carbonyl (C=O) groups is 1. The second kappa shape index (κ2) is 7.43. The lowest BCUT2D eigenvalue weighted by Crippen LogP contribution is -2.37. The standard InChI is InChI=1S/C15H16N8O2/c1-10(4-11-5-16-2-3-18-11)21-14(24)12-6-19-13(22-15(12)25)7-23-9-17-8-20-23/h2-3,5-6,8-10H,4,7H2,1H3,(H,21,24)(H,19,22,25)/t10-/m0/s1. The summed E-state index contributed by atoms with van der Waals surface area (Å²) in [6.07, 6.45) is 9.47. The van der Waals surface area contributed by atoms with Gasteiger partial charge in [-0.05, 0) is 6.92 Å². The second-order valence-corrected chi connectivity index (χ2v) is 5.44. The Morgan fingerprint density at radius 2 is 2.16 bits per heavy atom. The summed E-state index contributed by atoms with van der Waals surface area (Å²) in [5.74, 6) is -0.0999. The van der Waals surface area contributed by atoms with Gasteiger partial charge in [-0.2, -0.15) is 5.10 Å². The van der Waals surface area contributed by atoms with Crippen molar-refractivity contribution < 1.29 is 4.79 Å². The molecule has 0 spiro atoms. The third-order valence-electron chi connectivity index (χ3n) is 3.38. The van der Waals surface area contributed by atoms with Crippen LogP contribution in [0, 0.1) is 0 Å². The summed E-state index contributed by atoms with van der Waals surface area (Å²) in [5, 5.41) is 6.69. The number of aromatic amines is 1. The first-order valence-corrected chi connectivity index (χ1v) is 7.58. The Balaban J connectivity index is 1.64. The zero-order valence-electron chi connectivity index (χ0n) is 13.5. The van der Waals surface area contributed by atoms with E-state index in [-0.39, 0.29) is 18.2 Å². The molecule has 3 rings (SSSR count). The van der Waals surface area contributed by atoms with Gasteiger partial charge >= 0.3 is 0 Å². The van der Waals surface area contributed by atoms with Crippen molar-refractivity contribution in [2.24, 2.45) is 0 Å². The summed E-state index contributed by atoms with van der Waals surface area (Å²) >= 11 is 0. The normalized spacial score (nSPS) is 11.9. The van der Waals surface area contributed by atoms with Gasteiger partial charge in [-0.25, -0.2) is 14.6 Å². The lowest BCUT2D eigenvalue weighted by molar-refractivity contribution is 0.0938. The monoisotopic (exact) mass is 340 g/mol. The van der Waals surface area contributed by atoms with Crippen molar-refractivity contribution in [2.75, 3.05) is 0 Å². The molecule has 0 fully saturated rings. The summed E-state index contributed by atoms with van der Waals surface area (Å²) in [7, 11) is 0. The molecule has 0 saturated heterocycles. The smallest absolute Gasteiger partial charge is 0.263 e. The molecule has 0 aromatic carbocycles. The maximum absolute atomic E-state index is 12.3. The van der Waals surface area contributed by atoms with Gasteiger partial charge in [0.15, 0.2) is 0 Å². The fourth-order valence-electron chi connectivity index (χ4n) is 2.24. The van der Waals surface area contributed by atoms with Crippen molar-refractivity contribution in [2.45, 2.75) is 25.9 Å². The van der Waals surface area contributed by atoms with E-state index in [2.05, 4.69) is 35.3 Å². The lowest BCUT2D eigenvalue weighted by atomic mass is 10.2. The van der Waals surface area contributed by atoms with Crippen LogP contribution in [0.5, 0.6) is 0 Å². The molecule has 3 heterocycles. The zero-order valence-corrected chi connectivity index (χ0v) is 13.5. The lowest BCUT2D eigenvalue weighted by Gasteiger charge is -2.13. The number of nitrogens with zero attached hydrogens (tertiary/aromatic N) is 6. The van der Waals surface area contributed by atoms with Crippen LogP contribution >= 0.6 is 0 Å². The molecule has 10 nitrogen and oxygen atoms in total. The van der Waals surface area contributed by atoms with E-state index in [4.69, 9.17) is 0 Å². The molecule has 25 heavy (non-hydrogen) atoms. The minimum atomic E-state index is -0.505. The molecule has 1 atom stereocenters. The van der Waals surface area contributed by atoms with E-state index in [0.717, 1.165) is 5.69 Å². The molecule has 128 valence electrons. The van der Waals surface area contributed by atoms with Crippen LogP contribution in [-0.2, 0) is 13.0 Å². The summed E-state index contributed by atoms with van der Waals surface area (Å²) in [5.41, 5.74) is 0.202. The molecular formula is C15H16N8O2. The highest BCUT2D eigenvalue weighted by Crippen LogP contribution is 1.99. The average Bonchev–Trinajstić information content (AvgIpc) is 3.08. The summed E-state index contributed by atoms with van der Waals surface area (Å²) in [6.45, 7) is 2.09. The van der Waals surface area contributed by atoms with Crippen LogP contribution in [0.1, 0.15) is 28.8 Å². The van der Waals surface area contributed by atoms with Crippen molar-refractivity contribution in [3.63, 3.8) is 0 Å². The first-order chi connectivity index (χ1) is 12.1. The number of amides is 1. The van der Waals surface area contributed by atoms with Crippen molar-refractivity contribution in [3.05, 3.63) is 64.9 Å². The Bertz CT molecular complexity index is 891. The highest BCUT2D eigenvalue weighted by Gasteiger charge is 2.15. The number of hydrogen-bond donors (Lipinski definition) is 2. The molecule has 0 radical (unpaired) electrons. The summed E-state index contributed by atoms with van der Waals surface area (Å²) < 4.78 is 1.51. The maximum Gasteiger partial charge on any atom is 0.263 e. The van der Waals surface area contributed by atoms with Gasteiger partial charge in [-0.15, -0.1) is 0 Å². The van der Waals surface area contributed by atoms with Gasteiger partial charge < -0.3 is 10.3 Å². The van der Waals surface area contributed by atoms with Crippen LogP contribution < -0.4 is 10.9 Å². The summed E-state index contributed by atoms with van der Waals surface area (Å²) in [6, 6.07) is -0.210. The van der Waals surface area contributed by atoms with Gasteiger partial charge in [0.25, 0.3) is 11.5 Å². The SMILES string of the molecule is C[C@@H](Cc1cnccn1)NC(=O)c1cnc(Cn2cncn2)[nH]c1=O. The molecule has 0 aliphatic rings. The van der Waals surface area contributed by atoms with Gasteiger partial charge in [0, 0.05) is 37.3 Å². The molecule has 10 heteroatoms. The van der Waals surface area contributed by atoms with Crippen LogP contribution in [0.4, 0.5) is 0 Å². The van der Waals surface area contributed by atoms with Crippen molar-refractivity contribution in [1.82, 2.24) is 40.0 Å². The van der Waals surface area contributed by atoms with E-state index in [1.807, 2.05) is 6.92 Å². The predicted octanol–water partition coefficient (Wildman–Crippen LogP) is -0.439. The second-order valence-electron chi connectivity index (χ2n) is 5.44. The molecule has 0 bridgehead atoms. The van der Waals surface area contributed by atoms with Crippen LogP contribution in [0.15, 0.2) is 42.2 Å². The maximum atomic E-state index is 12.3. The molecule has 0 aliphatic carbocycles. The Kier molecular flexibility index (Phi) is 4.88. The van der Waals surface area contributed by atoms with Gasteiger partial charge in [-0.1, -0.05) is 0 Å². The quantitative estimate of drug-likeness (QED) is 0.622. The van der Waals surface area contributed by atoms with E-state index in [1.165, 1.54) is 23.5 Å². The molecular weight excluding hydrogens is 324 g/mol. The van der Waals surface area contributed by atoms with E-state index in [0.29, 0.717) is 12.2 Å². The minimum Gasteiger partial charge on any atom is -0.349 e. The number of rotatable bonds is 6. The molecule has 2 N–H and O–H groups in total. The zero-order chi connectivity index (χ0) is 17.6. The highest BCUT2D eigenvalue weighted by atomic mass is 16.2. The predicted molar refractivity (Wildman–Crippen MR) is 86.6 cm³/mol. The Hall–Kier alpha value is -3.43. The van der Waals surface area contributed by atoms with E-state index < -0.39 is 11.5 Å². The summed E-state index contributed by atoms with van der Waals surface area (Å²) in [4.78, 5) is 43.0. The van der Waals surface area contributed by atoms with Crippen molar-refractivity contribution >= 4 is 5.91 Å². The topological polar surface area (TPSA) is 131 Å². The number of carbonyl (C=O) groups excluding carboxylic acids is 1. The molecule has 1 amide bonds. The fraction of sp³-hybridized carbons (Fsp3) is 0.267. The van der Waals surface area contributed by atoms with Gasteiger partial charge in [0.1, 0.15) is 30.6 Å². The van der Waals surface area contributed by atoms with Gasteiger partial charge in [0.05, 0.1) is 5.69 Å². The van der Waals surface area contributed by atoms with Crippen LogP contribution in [-0.4, -0.2) is 46.6 Å². The third kappa shape index (κ3) is 4.31. The van der Waals surface area contributed by atoms with Crippen LogP contribution in [0.25, 0.3) is 0 Å². The van der Waals surface area contributed by atoms with E-state index in [9.17, 15) is 9.59 Å². The van der Waals surface area contributed by atoms with Gasteiger partial charge in [-0.3, -0.25) is 19.6 Å². The molecule has 0 unspecified atom stereocenters. The Morgan fingerprint density at radius 1 is 1.28 bits per heavy atom. The fourth-order valence-corrected chi connectivity index (χ4v) is 2.24. The van der Waals surface area contributed by atoms with Crippen LogP contribution in [0.2, 0.25) is 0 Å². The molecule has 0 saturated carbocycles. The minimum absolute atomic E-state index is 0.0478. The van der Waals surface area contributed by atoms with E-state index >= 15 is 0 Å². The van der Waals surface area contributed by atoms with Gasteiger partial charge in [0.2, 0.25) is 0 Å². The Labute approximate surface area is 142 Å². The highest BCUT2D eigenvalue weighted by molar-refractivity contribution is 5.93. The largest absolute Gasteiger partial charge is 0.349 e. The average molecular weight is 340 g/mol. The van der Waals surface area contributed by atoms with Crippen molar-refractivity contribution in [1.29, 1.82) is 0 Å².